The quantitative estimate of drug-likeness (QED) is 0.799. The van der Waals surface area contributed by atoms with Crippen molar-refractivity contribution in [3.05, 3.63) is 35.2 Å². The van der Waals surface area contributed by atoms with Gasteiger partial charge in [0.05, 0.1) is 0 Å². The van der Waals surface area contributed by atoms with Gasteiger partial charge in [-0.05, 0) is 40.9 Å². The number of pyridine rings is 1. The van der Waals surface area contributed by atoms with E-state index < -0.39 is 0 Å². The molecule has 3 rings (SSSR count). The van der Waals surface area contributed by atoms with Gasteiger partial charge in [-0.2, -0.15) is 0 Å². The number of nitrogens with zero attached hydrogens (tertiary/aromatic N) is 6. The van der Waals surface area contributed by atoms with E-state index in [1.54, 1.807) is 6.33 Å². The Balaban J connectivity index is 1.74. The van der Waals surface area contributed by atoms with Crippen LogP contribution in [0.4, 0.5) is 17.5 Å². The Kier molecular flexibility index (Phi) is 5.18. The Hall–Kier alpha value is -1.89. The van der Waals surface area contributed by atoms with Crippen LogP contribution in [0.25, 0.3) is 0 Å². The van der Waals surface area contributed by atoms with Gasteiger partial charge in [0.15, 0.2) is 0 Å². The second-order valence-electron chi connectivity index (χ2n) is 6.32. The van der Waals surface area contributed by atoms with Crippen LogP contribution in [0, 0.1) is 0 Å². The first-order valence-electron chi connectivity index (χ1n) is 8.13. The zero-order valence-electron chi connectivity index (χ0n) is 14.4. The van der Waals surface area contributed by atoms with Crippen molar-refractivity contribution in [2.24, 2.45) is 0 Å². The van der Waals surface area contributed by atoms with Gasteiger partial charge in [-0.25, -0.2) is 15.0 Å². The third-order valence-corrected chi connectivity index (χ3v) is 4.91. The van der Waals surface area contributed by atoms with Crippen molar-refractivity contribution in [3.63, 3.8) is 0 Å². The SMILES string of the molecule is CN(C)c1cc(N(C)C2CCCN(c3ccc(Br)cn3)C2)ncn1. The van der Waals surface area contributed by atoms with Crippen LogP contribution in [-0.4, -0.2) is 55.2 Å². The molecular formula is C17H23BrN6. The van der Waals surface area contributed by atoms with Gasteiger partial charge >= 0.3 is 0 Å². The Bertz CT molecular complexity index is 675. The number of hydrogen-bond acceptors (Lipinski definition) is 6. The van der Waals surface area contributed by atoms with Gasteiger partial charge in [-0.3, -0.25) is 0 Å². The van der Waals surface area contributed by atoms with Gasteiger partial charge < -0.3 is 14.7 Å². The lowest BCUT2D eigenvalue weighted by Crippen LogP contribution is -2.47. The molecule has 1 aliphatic rings. The molecule has 0 N–H and O–H groups in total. The summed E-state index contributed by atoms with van der Waals surface area (Å²) < 4.78 is 1.01. The number of rotatable bonds is 4. The summed E-state index contributed by atoms with van der Waals surface area (Å²) in [4.78, 5) is 19.9. The second-order valence-corrected chi connectivity index (χ2v) is 7.23. The molecule has 0 spiro atoms. The molecule has 24 heavy (non-hydrogen) atoms. The maximum atomic E-state index is 4.53. The second kappa shape index (κ2) is 7.34. The summed E-state index contributed by atoms with van der Waals surface area (Å²) in [5, 5.41) is 0. The predicted molar refractivity (Wildman–Crippen MR) is 102 cm³/mol. The molecule has 0 aromatic carbocycles. The highest BCUT2D eigenvalue weighted by Crippen LogP contribution is 2.25. The average molecular weight is 391 g/mol. The first-order valence-corrected chi connectivity index (χ1v) is 8.92. The van der Waals surface area contributed by atoms with E-state index in [-0.39, 0.29) is 0 Å². The third kappa shape index (κ3) is 3.77. The molecule has 1 fully saturated rings. The van der Waals surface area contributed by atoms with E-state index in [1.165, 1.54) is 0 Å². The van der Waals surface area contributed by atoms with Crippen LogP contribution in [0.2, 0.25) is 0 Å². The summed E-state index contributed by atoms with van der Waals surface area (Å²) in [6.45, 7) is 2.00. The molecule has 1 saturated heterocycles. The smallest absolute Gasteiger partial charge is 0.134 e. The molecule has 6 nitrogen and oxygen atoms in total. The molecule has 0 amide bonds. The minimum absolute atomic E-state index is 0.411. The van der Waals surface area contributed by atoms with E-state index in [1.807, 2.05) is 37.3 Å². The number of piperidine rings is 1. The monoisotopic (exact) mass is 390 g/mol. The lowest BCUT2D eigenvalue weighted by molar-refractivity contribution is 0.483. The molecule has 2 aromatic heterocycles. The molecule has 0 saturated carbocycles. The molecular weight excluding hydrogens is 368 g/mol. The van der Waals surface area contributed by atoms with Gasteiger partial charge in [0.1, 0.15) is 23.8 Å². The Morgan fingerprint density at radius 3 is 2.62 bits per heavy atom. The first kappa shape index (κ1) is 17.0. The van der Waals surface area contributed by atoms with Crippen molar-refractivity contribution in [2.75, 3.05) is 48.9 Å². The molecule has 2 aromatic rings. The number of likely N-dealkylation sites (N-methyl/N-ethyl adjacent to an activating group) is 1. The molecule has 3 heterocycles. The fraction of sp³-hybridized carbons (Fsp3) is 0.471. The lowest BCUT2D eigenvalue weighted by atomic mass is 10.0. The fourth-order valence-electron chi connectivity index (χ4n) is 3.00. The Morgan fingerprint density at radius 2 is 1.92 bits per heavy atom. The molecule has 0 radical (unpaired) electrons. The molecule has 1 atom stereocenters. The van der Waals surface area contributed by atoms with Crippen molar-refractivity contribution in [1.82, 2.24) is 15.0 Å². The summed E-state index contributed by atoms with van der Waals surface area (Å²) in [7, 11) is 6.10. The molecule has 128 valence electrons. The maximum Gasteiger partial charge on any atom is 0.134 e. The summed E-state index contributed by atoms with van der Waals surface area (Å²) in [5.41, 5.74) is 0. The average Bonchev–Trinajstić information content (AvgIpc) is 2.62. The largest absolute Gasteiger partial charge is 0.363 e. The topological polar surface area (TPSA) is 48.4 Å². The maximum absolute atomic E-state index is 4.53. The Labute approximate surface area is 151 Å². The zero-order chi connectivity index (χ0) is 17.1. The van der Waals surface area contributed by atoms with E-state index in [9.17, 15) is 0 Å². The van der Waals surface area contributed by atoms with Gasteiger partial charge in [-0.15, -0.1) is 0 Å². The van der Waals surface area contributed by atoms with E-state index >= 15 is 0 Å². The molecule has 1 aliphatic heterocycles. The predicted octanol–water partition coefficient (Wildman–Crippen LogP) is 2.81. The van der Waals surface area contributed by atoms with Gasteiger partial charge in [-0.1, -0.05) is 0 Å². The van der Waals surface area contributed by atoms with E-state index in [2.05, 4.69) is 53.8 Å². The highest BCUT2D eigenvalue weighted by molar-refractivity contribution is 9.10. The molecule has 1 unspecified atom stereocenters. The van der Waals surface area contributed by atoms with E-state index in [0.29, 0.717) is 6.04 Å². The van der Waals surface area contributed by atoms with Gasteiger partial charge in [0.25, 0.3) is 0 Å². The van der Waals surface area contributed by atoms with Crippen molar-refractivity contribution in [1.29, 1.82) is 0 Å². The third-order valence-electron chi connectivity index (χ3n) is 4.44. The van der Waals surface area contributed by atoms with Crippen LogP contribution in [0.15, 0.2) is 35.2 Å². The van der Waals surface area contributed by atoms with Crippen LogP contribution in [0.3, 0.4) is 0 Å². The highest BCUT2D eigenvalue weighted by Gasteiger charge is 2.25. The summed E-state index contributed by atoms with van der Waals surface area (Å²) in [6.07, 6.45) is 5.80. The fourth-order valence-corrected chi connectivity index (χ4v) is 3.23. The highest BCUT2D eigenvalue weighted by atomic mass is 79.9. The summed E-state index contributed by atoms with van der Waals surface area (Å²) in [5.74, 6) is 2.92. The number of anilines is 3. The Morgan fingerprint density at radius 1 is 1.12 bits per heavy atom. The van der Waals surface area contributed by atoms with E-state index in [0.717, 1.165) is 47.9 Å². The van der Waals surface area contributed by atoms with Gasteiger partial charge in [0, 0.05) is 57.0 Å². The van der Waals surface area contributed by atoms with Crippen LogP contribution in [0.5, 0.6) is 0 Å². The zero-order valence-corrected chi connectivity index (χ0v) is 15.9. The minimum atomic E-state index is 0.411. The molecule has 0 bridgehead atoms. The standard InChI is InChI=1S/C17H23BrN6/c1-22(2)16-9-17(21-12-20-16)23(3)14-5-4-8-24(11-14)15-7-6-13(18)10-19-15/h6-7,9-10,12,14H,4-5,8,11H2,1-3H3. The van der Waals surface area contributed by atoms with Crippen molar-refractivity contribution >= 4 is 33.4 Å². The number of aromatic nitrogens is 3. The van der Waals surface area contributed by atoms with Crippen molar-refractivity contribution in [3.8, 4) is 0 Å². The van der Waals surface area contributed by atoms with Crippen LogP contribution in [-0.2, 0) is 0 Å². The van der Waals surface area contributed by atoms with Gasteiger partial charge in [0.2, 0.25) is 0 Å². The van der Waals surface area contributed by atoms with Crippen LogP contribution in [0.1, 0.15) is 12.8 Å². The molecule has 0 aliphatic carbocycles. The van der Waals surface area contributed by atoms with Crippen molar-refractivity contribution < 1.29 is 0 Å². The lowest BCUT2D eigenvalue weighted by Gasteiger charge is -2.38. The molecule has 7 heteroatoms. The number of halogens is 1. The summed E-state index contributed by atoms with van der Waals surface area (Å²) >= 11 is 3.45. The van der Waals surface area contributed by atoms with E-state index in [4.69, 9.17) is 0 Å². The normalized spacial score (nSPS) is 17.7. The van der Waals surface area contributed by atoms with Crippen molar-refractivity contribution in [2.45, 2.75) is 18.9 Å². The summed E-state index contributed by atoms with van der Waals surface area (Å²) in [6, 6.07) is 6.57. The van der Waals surface area contributed by atoms with Crippen LogP contribution >= 0.6 is 15.9 Å². The number of hydrogen-bond donors (Lipinski definition) is 0. The minimum Gasteiger partial charge on any atom is -0.363 e. The first-order chi connectivity index (χ1) is 11.5. The van der Waals surface area contributed by atoms with Crippen LogP contribution < -0.4 is 14.7 Å².